The van der Waals surface area contributed by atoms with Crippen LogP contribution >= 0.6 is 0 Å². The quantitative estimate of drug-likeness (QED) is 0.440. The van der Waals surface area contributed by atoms with Crippen LogP contribution in [-0.4, -0.2) is 47.2 Å². The van der Waals surface area contributed by atoms with Gasteiger partial charge in [-0.3, -0.25) is 9.59 Å². The van der Waals surface area contributed by atoms with E-state index in [0.717, 1.165) is 27.4 Å². The van der Waals surface area contributed by atoms with Crippen LogP contribution in [0.15, 0.2) is 48.5 Å². The third-order valence-corrected chi connectivity index (χ3v) is 5.10. The van der Waals surface area contributed by atoms with Gasteiger partial charge >= 0.3 is 5.97 Å². The van der Waals surface area contributed by atoms with Gasteiger partial charge in [0.15, 0.2) is 11.5 Å². The first-order valence-corrected chi connectivity index (χ1v) is 9.60. The highest BCUT2D eigenvalue weighted by molar-refractivity contribution is 6.13. The van der Waals surface area contributed by atoms with Crippen LogP contribution in [0.1, 0.15) is 17.4 Å². The number of aromatic amines is 1. The first-order valence-electron chi connectivity index (χ1n) is 9.60. The summed E-state index contributed by atoms with van der Waals surface area (Å²) in [6.45, 7) is 1.40. The molecule has 2 aromatic heterocycles. The predicted molar refractivity (Wildman–Crippen MR) is 117 cm³/mol. The van der Waals surface area contributed by atoms with E-state index in [4.69, 9.17) is 14.6 Å². The van der Waals surface area contributed by atoms with Crippen LogP contribution in [0.25, 0.3) is 33.1 Å². The molecular weight excluding hydrogens is 398 g/mol. The smallest absolute Gasteiger partial charge is 0.325 e. The lowest BCUT2D eigenvalue weighted by Gasteiger charge is -2.12. The molecule has 0 aliphatic rings. The molecule has 0 saturated heterocycles. The Morgan fingerprint density at radius 2 is 1.77 bits per heavy atom. The number of para-hydroxylation sites is 1. The number of methoxy groups -OCH3 is 2. The molecule has 0 fully saturated rings. The van der Waals surface area contributed by atoms with E-state index in [2.05, 4.69) is 15.3 Å². The third kappa shape index (κ3) is 3.63. The van der Waals surface area contributed by atoms with Crippen molar-refractivity contribution in [2.75, 3.05) is 14.2 Å². The molecule has 2 heterocycles. The van der Waals surface area contributed by atoms with Crippen molar-refractivity contribution >= 4 is 33.7 Å². The minimum absolute atomic E-state index is 0.120. The highest BCUT2D eigenvalue weighted by atomic mass is 16.5. The summed E-state index contributed by atoms with van der Waals surface area (Å²) >= 11 is 0. The number of hydrogen-bond acceptors (Lipinski definition) is 5. The number of benzene rings is 2. The normalized spacial score (nSPS) is 12.0. The monoisotopic (exact) mass is 419 g/mol. The number of pyridine rings is 1. The number of carbonyl (C=O) groups excluding carboxylic acids is 1. The number of carboxylic acids is 1. The van der Waals surface area contributed by atoms with E-state index < -0.39 is 17.9 Å². The molecule has 1 amide bonds. The van der Waals surface area contributed by atoms with Gasteiger partial charge in [0.05, 0.1) is 25.4 Å². The van der Waals surface area contributed by atoms with Gasteiger partial charge in [-0.1, -0.05) is 18.2 Å². The van der Waals surface area contributed by atoms with Crippen molar-refractivity contribution in [2.45, 2.75) is 13.0 Å². The number of ether oxygens (including phenoxy) is 2. The van der Waals surface area contributed by atoms with Crippen molar-refractivity contribution in [1.82, 2.24) is 15.3 Å². The van der Waals surface area contributed by atoms with Crippen LogP contribution in [0.4, 0.5) is 0 Å². The van der Waals surface area contributed by atoms with E-state index in [9.17, 15) is 9.59 Å². The number of aromatic nitrogens is 2. The summed E-state index contributed by atoms with van der Waals surface area (Å²) in [6.07, 6.45) is 0. The van der Waals surface area contributed by atoms with Crippen LogP contribution in [0.3, 0.4) is 0 Å². The fourth-order valence-corrected chi connectivity index (χ4v) is 3.49. The van der Waals surface area contributed by atoms with E-state index >= 15 is 0 Å². The molecule has 2 aromatic carbocycles. The molecule has 0 spiro atoms. The number of nitrogens with one attached hydrogen (secondary N) is 2. The number of hydrogen-bond donors (Lipinski definition) is 3. The number of carboxylic acid groups (broad SMARTS) is 1. The van der Waals surface area contributed by atoms with Crippen molar-refractivity contribution in [3.63, 3.8) is 0 Å². The van der Waals surface area contributed by atoms with Gasteiger partial charge in [-0.05, 0) is 37.3 Å². The van der Waals surface area contributed by atoms with Crippen LogP contribution in [0, 0.1) is 0 Å². The molecule has 1 atom stereocenters. The fraction of sp³-hybridized carbons (Fsp3) is 0.174. The van der Waals surface area contributed by atoms with Gasteiger partial charge in [-0.15, -0.1) is 0 Å². The molecule has 0 saturated carbocycles. The van der Waals surface area contributed by atoms with Gasteiger partial charge in [0.1, 0.15) is 11.7 Å². The Labute approximate surface area is 177 Å². The van der Waals surface area contributed by atoms with Crippen molar-refractivity contribution in [2.24, 2.45) is 0 Å². The predicted octanol–water partition coefficient (Wildman–Crippen LogP) is 3.60. The average molecular weight is 419 g/mol. The van der Waals surface area contributed by atoms with Gasteiger partial charge in [0, 0.05) is 21.9 Å². The van der Waals surface area contributed by atoms with Crippen molar-refractivity contribution < 1.29 is 24.2 Å². The lowest BCUT2D eigenvalue weighted by atomic mass is 10.1. The summed E-state index contributed by atoms with van der Waals surface area (Å²) < 4.78 is 10.7. The SMILES string of the molecule is COc1ccc(-c2nc(C(=O)NC(C)C(=O)O)cc3c2[nH]c2ccccc23)cc1OC. The molecule has 0 aliphatic carbocycles. The van der Waals surface area contributed by atoms with E-state index in [1.54, 1.807) is 32.4 Å². The highest BCUT2D eigenvalue weighted by Crippen LogP contribution is 2.36. The van der Waals surface area contributed by atoms with Gasteiger partial charge < -0.3 is 24.9 Å². The number of carbonyl (C=O) groups is 2. The maximum absolute atomic E-state index is 12.8. The molecule has 0 radical (unpaired) electrons. The summed E-state index contributed by atoms with van der Waals surface area (Å²) in [6, 6.07) is 13.7. The van der Waals surface area contributed by atoms with Gasteiger partial charge in [-0.25, -0.2) is 4.98 Å². The summed E-state index contributed by atoms with van der Waals surface area (Å²) in [4.78, 5) is 31.9. The zero-order chi connectivity index (χ0) is 22.1. The first-order chi connectivity index (χ1) is 14.9. The average Bonchev–Trinajstić information content (AvgIpc) is 3.16. The minimum Gasteiger partial charge on any atom is -0.493 e. The zero-order valence-corrected chi connectivity index (χ0v) is 17.2. The minimum atomic E-state index is -1.12. The van der Waals surface area contributed by atoms with Gasteiger partial charge in [-0.2, -0.15) is 0 Å². The number of nitrogens with zero attached hydrogens (tertiary/aromatic N) is 1. The molecule has 158 valence electrons. The Bertz CT molecular complexity index is 1310. The molecule has 4 aromatic rings. The van der Waals surface area contributed by atoms with E-state index in [0.29, 0.717) is 17.2 Å². The number of rotatable bonds is 6. The van der Waals surface area contributed by atoms with E-state index in [1.165, 1.54) is 6.92 Å². The Balaban J connectivity index is 1.95. The second kappa shape index (κ2) is 7.98. The lowest BCUT2D eigenvalue weighted by molar-refractivity contribution is -0.138. The number of fused-ring (bicyclic) bond motifs is 3. The maximum Gasteiger partial charge on any atom is 0.325 e. The topological polar surface area (TPSA) is 114 Å². The molecule has 3 N–H and O–H groups in total. The van der Waals surface area contributed by atoms with Gasteiger partial charge in [0.25, 0.3) is 5.91 Å². The fourth-order valence-electron chi connectivity index (χ4n) is 3.49. The lowest BCUT2D eigenvalue weighted by Crippen LogP contribution is -2.38. The summed E-state index contributed by atoms with van der Waals surface area (Å²) in [5.41, 5.74) is 3.04. The van der Waals surface area contributed by atoms with Crippen LogP contribution in [0.5, 0.6) is 11.5 Å². The molecule has 31 heavy (non-hydrogen) atoms. The number of H-pyrrole nitrogens is 1. The molecule has 4 rings (SSSR count). The first kappa shape index (κ1) is 20.2. The summed E-state index contributed by atoms with van der Waals surface area (Å²) in [5, 5.41) is 13.3. The Morgan fingerprint density at radius 3 is 2.48 bits per heavy atom. The maximum atomic E-state index is 12.8. The summed E-state index contributed by atoms with van der Waals surface area (Å²) in [5.74, 6) is -0.589. The Hall–Kier alpha value is -4.07. The second-order valence-corrected chi connectivity index (χ2v) is 7.05. The van der Waals surface area contributed by atoms with Crippen molar-refractivity contribution in [3.8, 4) is 22.8 Å². The van der Waals surface area contributed by atoms with Crippen molar-refractivity contribution in [3.05, 3.63) is 54.2 Å². The van der Waals surface area contributed by atoms with Crippen molar-refractivity contribution in [1.29, 1.82) is 0 Å². The number of aliphatic carboxylic acids is 1. The van der Waals surface area contributed by atoms with Gasteiger partial charge in [0.2, 0.25) is 0 Å². The standard InChI is InChI=1S/C23H21N3O5/c1-12(23(28)29)24-22(27)17-11-15-14-6-4-5-7-16(14)25-21(15)20(26-17)13-8-9-18(30-2)19(10-13)31-3/h4-12,25H,1-3H3,(H,24,27)(H,28,29). The zero-order valence-electron chi connectivity index (χ0n) is 17.2. The van der Waals surface area contributed by atoms with Crippen LogP contribution < -0.4 is 14.8 Å². The van der Waals surface area contributed by atoms with E-state index in [-0.39, 0.29) is 5.69 Å². The molecular formula is C23H21N3O5. The van der Waals surface area contributed by atoms with Crippen LogP contribution in [0.2, 0.25) is 0 Å². The molecule has 8 heteroatoms. The Morgan fingerprint density at radius 1 is 1.03 bits per heavy atom. The largest absolute Gasteiger partial charge is 0.493 e. The highest BCUT2D eigenvalue weighted by Gasteiger charge is 2.21. The number of amides is 1. The second-order valence-electron chi connectivity index (χ2n) is 7.05. The van der Waals surface area contributed by atoms with Crippen LogP contribution in [-0.2, 0) is 4.79 Å². The third-order valence-electron chi connectivity index (χ3n) is 5.10. The molecule has 0 aliphatic heterocycles. The summed E-state index contributed by atoms with van der Waals surface area (Å²) in [7, 11) is 3.10. The Kier molecular flexibility index (Phi) is 5.21. The molecule has 0 bridgehead atoms. The van der Waals surface area contributed by atoms with E-state index in [1.807, 2.05) is 30.3 Å². The molecule has 1 unspecified atom stereocenters. The molecule has 8 nitrogen and oxygen atoms in total.